The van der Waals surface area contributed by atoms with Gasteiger partial charge in [-0.05, 0) is 148 Å². The Morgan fingerprint density at radius 3 is 1.18 bits per heavy atom. The quantitative estimate of drug-likeness (QED) is 0.0371. The van der Waals surface area contributed by atoms with Crippen LogP contribution >= 0.6 is 0 Å². The number of nitrogens with one attached hydrogen (secondary N) is 4. The molecule has 85 heavy (non-hydrogen) atoms. The van der Waals surface area contributed by atoms with Gasteiger partial charge < -0.3 is 45.1 Å². The largest absolute Gasteiger partial charge is 0.481 e. The van der Waals surface area contributed by atoms with Crippen molar-refractivity contribution in [3.05, 3.63) is 151 Å². The highest BCUT2D eigenvalue weighted by Crippen LogP contribution is 2.45. The van der Waals surface area contributed by atoms with Crippen molar-refractivity contribution in [2.24, 2.45) is 0 Å². The fourth-order valence-corrected chi connectivity index (χ4v) is 12.8. The first-order valence-corrected chi connectivity index (χ1v) is 28.3. The number of allylic oxidation sites excluding steroid dienone is 4. The van der Waals surface area contributed by atoms with E-state index in [1.165, 1.54) is 0 Å². The third kappa shape index (κ3) is 10.1. The molecular weight excluding hydrogens is 1080 g/mol. The highest BCUT2D eigenvalue weighted by atomic mass is 16.6. The second-order valence-electron chi connectivity index (χ2n) is 22.3. The molecule has 4 aliphatic heterocycles. The Kier molecular flexibility index (Phi) is 15.4. The van der Waals surface area contributed by atoms with Crippen molar-refractivity contribution in [1.29, 1.82) is 0 Å². The fourth-order valence-electron chi connectivity index (χ4n) is 12.8. The number of aromatic amines is 4. The predicted octanol–water partition coefficient (Wildman–Crippen LogP) is 14.0. The number of carboxylic acid groups (broad SMARTS) is 4. The zero-order valence-corrected chi connectivity index (χ0v) is 49.0. The maximum atomic E-state index is 15.4. The number of aryl methyl sites for hydroxylation is 4. The molecule has 4 aliphatic rings. The van der Waals surface area contributed by atoms with Gasteiger partial charge in [0.25, 0.3) is 0 Å². The van der Waals surface area contributed by atoms with Crippen LogP contribution < -0.4 is 0 Å². The van der Waals surface area contributed by atoms with E-state index < -0.39 is 70.6 Å². The average Bonchev–Trinajstić information content (AvgIpc) is 2.27. The molecule has 0 aromatic carbocycles. The summed E-state index contributed by atoms with van der Waals surface area (Å²) in [6.07, 6.45) is 3.82. The molecule has 0 saturated carbocycles. The molecule has 19 nitrogen and oxygen atoms in total. The maximum Gasteiger partial charge on any atom is 0.348 e. The lowest BCUT2D eigenvalue weighted by Crippen LogP contribution is -2.17. The molecule has 0 amide bonds. The van der Waals surface area contributed by atoms with E-state index in [-0.39, 0.29) is 81.4 Å². The van der Waals surface area contributed by atoms with Crippen LogP contribution in [0.5, 0.6) is 0 Å². The van der Waals surface area contributed by atoms with Crippen molar-refractivity contribution in [1.82, 2.24) is 39.9 Å². The van der Waals surface area contributed by atoms with Gasteiger partial charge >= 0.3 is 35.8 Å². The van der Waals surface area contributed by atoms with Crippen LogP contribution in [0, 0.1) is 27.7 Å². The number of carboxylic acids is 4. The number of ether oxygens (including phenoxy) is 1. The Morgan fingerprint density at radius 2 is 0.847 bits per heavy atom. The molecule has 0 spiro atoms. The van der Waals surface area contributed by atoms with Gasteiger partial charge in [-0.1, -0.05) is 53.0 Å². The Labute approximate surface area is 488 Å². The third-order valence-electron chi connectivity index (χ3n) is 17.6. The van der Waals surface area contributed by atoms with Crippen molar-refractivity contribution in [2.45, 2.75) is 131 Å². The summed E-state index contributed by atoms with van der Waals surface area (Å²) in [4.78, 5) is 117. The second-order valence-corrected chi connectivity index (χ2v) is 22.3. The van der Waals surface area contributed by atoms with Crippen LogP contribution in [0.3, 0.4) is 0 Å². The van der Waals surface area contributed by atoms with Crippen molar-refractivity contribution >= 4 is 114 Å². The van der Waals surface area contributed by atoms with Crippen LogP contribution in [0.2, 0.25) is 0 Å². The van der Waals surface area contributed by atoms with Gasteiger partial charge in [0.15, 0.2) is 0 Å². The van der Waals surface area contributed by atoms with Gasteiger partial charge in [0.2, 0.25) is 0 Å². The molecule has 6 aromatic heterocycles. The third-order valence-corrected chi connectivity index (χ3v) is 17.6. The number of hydrogen-bond acceptors (Lipinski definition) is 11. The minimum absolute atomic E-state index is 0.0135. The van der Waals surface area contributed by atoms with Crippen molar-refractivity contribution in [2.75, 3.05) is 0 Å². The number of fused-ring (bicyclic) bond motifs is 16. The maximum absolute atomic E-state index is 15.4. The lowest BCUT2D eigenvalue weighted by Gasteiger charge is -2.16. The van der Waals surface area contributed by atoms with E-state index in [4.69, 9.17) is 24.7 Å². The number of aromatic carboxylic acids is 2. The summed E-state index contributed by atoms with van der Waals surface area (Å²) in [5, 5.41) is 42.9. The molecule has 0 aliphatic carbocycles. The molecule has 4 atom stereocenters. The highest BCUT2D eigenvalue weighted by Gasteiger charge is 2.38. The SMILES string of the molecule is C=Cc1c(C)c2cc3nc(c(C(=O)O)c4[nH]c(cc5nc(cc1[nH]2)C(C)=C5CC)c(C)c4C(=O)OC(=O)c1c(C)c2cc4nc(cc5[nH]c(cc6nc(c(C(=O)O)c1[nH]2)[C@@H](CCC(=O)O)[C@@H]6C)c(C)c5C=C)C(C)=C4CC)[C@@H](CCC(=O)O)[C@@H]3C. The molecule has 16 bridgehead atoms. The van der Waals surface area contributed by atoms with Gasteiger partial charge in [-0.25, -0.2) is 29.1 Å². The number of hydrogen-bond donors (Lipinski definition) is 8. The molecule has 0 saturated heterocycles. The Morgan fingerprint density at radius 1 is 0.494 bits per heavy atom. The normalized spacial score (nSPS) is 16.6. The van der Waals surface area contributed by atoms with Crippen LogP contribution in [0.25, 0.3) is 78.6 Å². The number of rotatable bonds is 14. The van der Waals surface area contributed by atoms with Crippen LogP contribution in [0.15, 0.2) is 49.6 Å². The van der Waals surface area contributed by atoms with E-state index in [2.05, 4.69) is 33.1 Å². The smallest absolute Gasteiger partial charge is 0.348 e. The summed E-state index contributed by atoms with van der Waals surface area (Å²) in [5.41, 5.74) is 11.3. The molecule has 0 fully saturated rings. The first-order chi connectivity index (χ1) is 40.4. The first-order valence-electron chi connectivity index (χ1n) is 28.3. The molecule has 436 valence electrons. The zero-order valence-electron chi connectivity index (χ0n) is 49.0. The molecular formula is C66H66N8O11. The number of carbonyl (C=O) groups is 6. The van der Waals surface area contributed by atoms with E-state index in [9.17, 15) is 39.6 Å². The fraction of sp³-hybridized carbons (Fsp3) is 0.303. The Balaban J connectivity index is 1.28. The summed E-state index contributed by atoms with van der Waals surface area (Å²) < 4.78 is 5.96. The van der Waals surface area contributed by atoms with Crippen LogP contribution in [-0.2, 0) is 14.3 Å². The monoisotopic (exact) mass is 1150 g/mol. The van der Waals surface area contributed by atoms with Gasteiger partial charge in [0.05, 0.1) is 56.3 Å². The van der Waals surface area contributed by atoms with Crippen molar-refractivity contribution in [3.8, 4) is 0 Å². The van der Waals surface area contributed by atoms with Gasteiger partial charge in [0, 0.05) is 92.1 Å². The molecule has 6 aromatic rings. The number of nitrogens with zero attached hydrogens (tertiary/aromatic N) is 4. The Hall–Kier alpha value is -9.78. The van der Waals surface area contributed by atoms with E-state index in [1.54, 1.807) is 50.3 Å². The summed E-state index contributed by atoms with van der Waals surface area (Å²) >= 11 is 0. The number of H-pyrrole nitrogens is 4. The minimum atomic E-state index is -1.52. The van der Waals surface area contributed by atoms with E-state index >= 15 is 9.59 Å². The van der Waals surface area contributed by atoms with Gasteiger partial charge in [0.1, 0.15) is 11.1 Å². The van der Waals surface area contributed by atoms with Crippen LogP contribution in [-0.4, -0.2) is 96.1 Å². The molecule has 10 heterocycles. The van der Waals surface area contributed by atoms with Gasteiger partial charge in [-0.15, -0.1) is 0 Å². The standard InChI is InChI=1S/C66H66N8O11/c1-13-35-27(5)41-21-45-31(9)39(17-19-53(75)76)59(71-45)57(63(79)80)61-55(33(11)47(73-61)25-51-37(15-3)29(7)43(69-51)23-49(35)67-41)65(83)85-66(84)56-34(12)48-26-52-38(16-4)30(8)44(70-52)24-50-36(14-2)28(6)42(68-50)22-46-32(10)40(18-20-54(77)78)60(72-46)58(64(81)82)62(56)74-48/h13-14,21-26,31-32,39-40,67-68,73-74H,1-2,15-20H2,3-12H3,(H,75,76)(H,77,78)(H,79,80)(H,81,82)/t31-,32-,39-,40-/m0/s1. The van der Waals surface area contributed by atoms with Crippen LogP contribution in [0.1, 0.15) is 224 Å². The topological polar surface area (TPSA) is 307 Å². The predicted molar refractivity (Wildman–Crippen MR) is 326 cm³/mol. The molecule has 0 unspecified atom stereocenters. The van der Waals surface area contributed by atoms with Crippen molar-refractivity contribution < 1.29 is 53.9 Å². The van der Waals surface area contributed by atoms with Gasteiger partial charge in [-0.3, -0.25) is 19.6 Å². The lowest BCUT2D eigenvalue weighted by atomic mass is 9.85. The lowest BCUT2D eigenvalue weighted by molar-refractivity contribution is -0.138. The number of carbonyl (C=O) groups excluding carboxylic acids is 2. The molecule has 0 radical (unpaired) electrons. The number of aromatic nitrogens is 8. The highest BCUT2D eigenvalue weighted by molar-refractivity contribution is 6.16. The number of esters is 2. The van der Waals surface area contributed by atoms with Crippen molar-refractivity contribution in [3.63, 3.8) is 0 Å². The van der Waals surface area contributed by atoms with Gasteiger partial charge in [-0.2, -0.15) is 0 Å². The summed E-state index contributed by atoms with van der Waals surface area (Å²) in [7, 11) is 0. The summed E-state index contributed by atoms with van der Waals surface area (Å²) in [6.45, 7) is 26.6. The molecule has 10 rings (SSSR count). The Bertz CT molecular complexity index is 4150. The average molecular weight is 1150 g/mol. The van der Waals surface area contributed by atoms with E-state index in [0.717, 1.165) is 55.6 Å². The van der Waals surface area contributed by atoms with E-state index in [0.29, 0.717) is 58.0 Å². The molecule has 8 N–H and O–H groups in total. The zero-order chi connectivity index (χ0) is 61.4. The first kappa shape index (κ1) is 58.4. The van der Waals surface area contributed by atoms with E-state index in [1.807, 2.05) is 67.5 Å². The number of aliphatic carboxylic acids is 2. The minimum Gasteiger partial charge on any atom is -0.481 e. The van der Waals surface area contributed by atoms with Crippen LogP contribution in [0.4, 0.5) is 0 Å². The second kappa shape index (κ2) is 22.4. The summed E-state index contributed by atoms with van der Waals surface area (Å²) in [6, 6.07) is 10.8. The molecule has 19 heteroatoms. The summed E-state index contributed by atoms with van der Waals surface area (Å²) in [5.74, 6) is -10.5.